The van der Waals surface area contributed by atoms with Gasteiger partial charge < -0.3 is 0 Å². The average molecular weight is 289 g/mol. The summed E-state index contributed by atoms with van der Waals surface area (Å²) in [4.78, 5) is 4.14. The number of thioether (sulfide) groups is 1. The molecule has 0 saturated heterocycles. The molecular formula is C13H12FN5S. The van der Waals surface area contributed by atoms with Crippen LogP contribution >= 0.6 is 11.8 Å². The Hall–Kier alpha value is -2.33. The SMILES string of the molecule is CSC(=Nc1ccc(-n2cc(C)cn2)c(F)c1)NC#N. The average Bonchev–Trinajstić information content (AvgIpc) is 2.85. The highest BCUT2D eigenvalue weighted by molar-refractivity contribution is 8.13. The first-order valence-electron chi connectivity index (χ1n) is 5.73. The van der Waals surface area contributed by atoms with E-state index >= 15 is 0 Å². The molecule has 0 saturated carbocycles. The van der Waals surface area contributed by atoms with E-state index in [0.29, 0.717) is 16.5 Å². The van der Waals surface area contributed by atoms with E-state index in [1.54, 1.807) is 37.0 Å². The maximum Gasteiger partial charge on any atom is 0.183 e. The van der Waals surface area contributed by atoms with Crippen LogP contribution in [0.3, 0.4) is 0 Å². The van der Waals surface area contributed by atoms with Crippen molar-refractivity contribution < 1.29 is 4.39 Å². The number of nitriles is 1. The quantitative estimate of drug-likeness (QED) is 0.399. The number of rotatable bonds is 2. The van der Waals surface area contributed by atoms with E-state index in [9.17, 15) is 4.39 Å². The Kier molecular flexibility index (Phi) is 4.38. The lowest BCUT2D eigenvalue weighted by molar-refractivity contribution is 0.611. The van der Waals surface area contributed by atoms with Crippen LogP contribution in [0.5, 0.6) is 0 Å². The second-order valence-electron chi connectivity index (χ2n) is 3.96. The number of nitrogens with zero attached hydrogens (tertiary/aromatic N) is 4. The van der Waals surface area contributed by atoms with E-state index in [1.165, 1.54) is 22.5 Å². The largest absolute Gasteiger partial charge is 0.271 e. The summed E-state index contributed by atoms with van der Waals surface area (Å²) in [5.74, 6) is -0.424. The van der Waals surface area contributed by atoms with Crippen LogP contribution in [0.25, 0.3) is 5.69 Å². The van der Waals surface area contributed by atoms with Crippen LogP contribution in [-0.4, -0.2) is 21.2 Å². The highest BCUT2D eigenvalue weighted by atomic mass is 32.2. The smallest absolute Gasteiger partial charge is 0.183 e. The van der Waals surface area contributed by atoms with Crippen molar-refractivity contribution in [3.63, 3.8) is 0 Å². The number of aryl methyl sites for hydroxylation is 1. The summed E-state index contributed by atoms with van der Waals surface area (Å²) in [5.41, 5.74) is 1.74. The van der Waals surface area contributed by atoms with Crippen molar-refractivity contribution in [1.82, 2.24) is 15.1 Å². The molecule has 0 aliphatic rings. The van der Waals surface area contributed by atoms with Crippen molar-refractivity contribution in [2.24, 2.45) is 4.99 Å². The fraction of sp³-hybridized carbons (Fsp3) is 0.154. The summed E-state index contributed by atoms with van der Waals surface area (Å²) in [6.45, 7) is 1.89. The molecule has 102 valence electrons. The molecule has 0 fully saturated rings. The molecule has 0 spiro atoms. The van der Waals surface area contributed by atoms with Crippen LogP contribution in [0.15, 0.2) is 35.6 Å². The number of hydrogen-bond acceptors (Lipinski definition) is 4. The normalized spacial score (nSPS) is 11.2. The number of halogens is 1. The lowest BCUT2D eigenvalue weighted by Crippen LogP contribution is -2.12. The Morgan fingerprint density at radius 1 is 1.55 bits per heavy atom. The Bertz CT molecular complexity index is 686. The number of amidine groups is 1. The van der Waals surface area contributed by atoms with E-state index in [-0.39, 0.29) is 0 Å². The minimum atomic E-state index is -0.424. The van der Waals surface area contributed by atoms with Gasteiger partial charge in [0, 0.05) is 12.3 Å². The Balaban J connectivity index is 2.33. The molecule has 0 aliphatic carbocycles. The monoisotopic (exact) mass is 289 g/mol. The lowest BCUT2D eigenvalue weighted by atomic mass is 10.2. The van der Waals surface area contributed by atoms with E-state index in [1.807, 2.05) is 6.92 Å². The zero-order chi connectivity index (χ0) is 14.5. The van der Waals surface area contributed by atoms with Gasteiger partial charge in [-0.15, -0.1) is 0 Å². The third-order valence-corrected chi connectivity index (χ3v) is 3.06. The summed E-state index contributed by atoms with van der Waals surface area (Å²) in [6, 6.07) is 4.58. The van der Waals surface area contributed by atoms with Crippen LogP contribution in [0.4, 0.5) is 10.1 Å². The van der Waals surface area contributed by atoms with Crippen molar-refractivity contribution in [3.8, 4) is 11.9 Å². The molecule has 0 radical (unpaired) electrons. The highest BCUT2D eigenvalue weighted by Crippen LogP contribution is 2.21. The van der Waals surface area contributed by atoms with E-state index in [2.05, 4.69) is 15.4 Å². The fourth-order valence-electron chi connectivity index (χ4n) is 1.59. The first-order chi connectivity index (χ1) is 9.63. The maximum absolute atomic E-state index is 14.1. The molecule has 5 nitrogen and oxygen atoms in total. The topological polar surface area (TPSA) is 66.0 Å². The predicted octanol–water partition coefficient (Wildman–Crippen LogP) is 2.74. The van der Waals surface area contributed by atoms with Gasteiger partial charge in [0.1, 0.15) is 5.69 Å². The van der Waals surface area contributed by atoms with Gasteiger partial charge in [0.05, 0.1) is 11.9 Å². The van der Waals surface area contributed by atoms with Gasteiger partial charge in [-0.05, 0) is 30.9 Å². The Morgan fingerprint density at radius 2 is 2.35 bits per heavy atom. The van der Waals surface area contributed by atoms with Gasteiger partial charge in [-0.3, -0.25) is 5.32 Å². The van der Waals surface area contributed by atoms with Crippen LogP contribution in [-0.2, 0) is 0 Å². The lowest BCUT2D eigenvalue weighted by Gasteiger charge is -2.05. The minimum absolute atomic E-state index is 0.357. The summed E-state index contributed by atoms with van der Waals surface area (Å²) in [6.07, 6.45) is 6.97. The molecule has 20 heavy (non-hydrogen) atoms. The molecule has 0 amide bonds. The predicted molar refractivity (Wildman–Crippen MR) is 77.6 cm³/mol. The zero-order valence-electron chi connectivity index (χ0n) is 11.0. The van der Waals surface area contributed by atoms with E-state index < -0.39 is 5.82 Å². The number of hydrogen-bond donors (Lipinski definition) is 1. The molecular weight excluding hydrogens is 277 g/mol. The zero-order valence-corrected chi connectivity index (χ0v) is 11.8. The molecule has 0 aliphatic heterocycles. The minimum Gasteiger partial charge on any atom is -0.271 e. The number of aromatic nitrogens is 2. The number of benzene rings is 1. The molecule has 1 aromatic carbocycles. The third kappa shape index (κ3) is 3.16. The van der Waals surface area contributed by atoms with Crippen LogP contribution in [0.1, 0.15) is 5.56 Å². The maximum atomic E-state index is 14.1. The second-order valence-corrected chi connectivity index (χ2v) is 4.75. The fourth-order valence-corrected chi connectivity index (χ4v) is 1.93. The van der Waals surface area contributed by atoms with Gasteiger partial charge in [-0.25, -0.2) is 14.1 Å². The van der Waals surface area contributed by atoms with Gasteiger partial charge >= 0.3 is 0 Å². The second kappa shape index (κ2) is 6.21. The third-order valence-electron chi connectivity index (χ3n) is 2.48. The summed E-state index contributed by atoms with van der Waals surface area (Å²) >= 11 is 1.28. The molecule has 0 bridgehead atoms. The molecule has 7 heteroatoms. The standard InChI is InChI=1S/C13H12FN5S/c1-9-6-17-19(7-9)12-4-3-10(5-11(12)14)18-13(20-2)16-8-15/h3-7H,1-2H3,(H,16,18). The summed E-state index contributed by atoms with van der Waals surface area (Å²) in [7, 11) is 0. The molecule has 0 unspecified atom stereocenters. The Labute approximate surface area is 120 Å². The van der Waals surface area contributed by atoms with Gasteiger partial charge in [-0.2, -0.15) is 10.4 Å². The summed E-state index contributed by atoms with van der Waals surface area (Å²) in [5, 5.41) is 15.5. The molecule has 1 aromatic heterocycles. The first kappa shape index (κ1) is 14.1. The van der Waals surface area contributed by atoms with Crippen LogP contribution in [0, 0.1) is 24.2 Å². The molecule has 1 heterocycles. The van der Waals surface area contributed by atoms with Crippen molar-refractivity contribution >= 4 is 22.6 Å². The molecule has 2 aromatic rings. The first-order valence-corrected chi connectivity index (χ1v) is 6.95. The van der Waals surface area contributed by atoms with Gasteiger partial charge in [0.2, 0.25) is 0 Å². The van der Waals surface area contributed by atoms with Gasteiger partial charge in [-0.1, -0.05) is 11.8 Å². The Morgan fingerprint density at radius 3 is 2.90 bits per heavy atom. The van der Waals surface area contributed by atoms with Gasteiger partial charge in [0.25, 0.3) is 0 Å². The van der Waals surface area contributed by atoms with Crippen LogP contribution < -0.4 is 5.32 Å². The van der Waals surface area contributed by atoms with Crippen molar-refractivity contribution in [2.75, 3.05) is 6.26 Å². The van der Waals surface area contributed by atoms with Gasteiger partial charge in [0.15, 0.2) is 17.2 Å². The van der Waals surface area contributed by atoms with E-state index in [0.717, 1.165) is 5.56 Å². The molecule has 0 atom stereocenters. The van der Waals surface area contributed by atoms with Crippen molar-refractivity contribution in [2.45, 2.75) is 6.92 Å². The molecule has 2 rings (SSSR count). The van der Waals surface area contributed by atoms with Crippen LogP contribution in [0.2, 0.25) is 0 Å². The number of nitrogens with one attached hydrogen (secondary N) is 1. The molecule has 1 N–H and O–H groups in total. The highest BCUT2D eigenvalue weighted by Gasteiger charge is 2.07. The summed E-state index contributed by atoms with van der Waals surface area (Å²) < 4.78 is 15.5. The van der Waals surface area contributed by atoms with Crippen molar-refractivity contribution in [3.05, 3.63) is 42.0 Å². The van der Waals surface area contributed by atoms with Crippen molar-refractivity contribution in [1.29, 1.82) is 5.26 Å². The van der Waals surface area contributed by atoms with E-state index in [4.69, 9.17) is 5.26 Å². The number of aliphatic imine (C=N–C) groups is 1.